The maximum atomic E-state index is 12.1. The Morgan fingerprint density at radius 3 is 1.87 bits per heavy atom. The Hall–Kier alpha value is -0.553. The van der Waals surface area contributed by atoms with Gasteiger partial charge in [-0.1, -0.05) is 34.6 Å². The summed E-state index contributed by atoms with van der Waals surface area (Å²) in [5.74, 6) is 0.473. The first-order valence-corrected chi connectivity index (χ1v) is 11.6. The molecule has 0 aliphatic rings. The fraction of sp³-hybridized carbons (Fsp3) is 0.944. The highest BCUT2D eigenvalue weighted by Gasteiger charge is 2.40. The van der Waals surface area contributed by atoms with Gasteiger partial charge in [-0.2, -0.15) is 0 Å². The number of hydrogen-bond donors (Lipinski definition) is 1. The van der Waals surface area contributed by atoms with Gasteiger partial charge in [0.1, 0.15) is 5.60 Å². The second-order valence-corrected chi connectivity index (χ2v) is 14.2. The minimum atomic E-state index is -1.87. The van der Waals surface area contributed by atoms with Gasteiger partial charge in [0, 0.05) is 0 Å². The Labute approximate surface area is 144 Å². The summed E-state index contributed by atoms with van der Waals surface area (Å²) in [6, 6.07) is -0.0426. The molecule has 0 unspecified atom stereocenters. The van der Waals surface area contributed by atoms with Crippen molar-refractivity contribution in [1.29, 1.82) is 0 Å². The standard InChI is InChI=1S/C18H39NO3Si/c1-13(2)12-15(19-16(20)21-17(4,5)6)14(3)22-23(10,11)18(7,8)9/h13-15H,12H2,1-11H3,(H,19,20)/t14-,15-/m0/s1. The van der Waals surface area contributed by atoms with Crippen LogP contribution in [0.1, 0.15) is 68.7 Å². The third-order valence-corrected chi connectivity index (χ3v) is 8.85. The molecule has 0 bridgehead atoms. The first kappa shape index (κ1) is 22.4. The van der Waals surface area contributed by atoms with Crippen LogP contribution in [0.3, 0.4) is 0 Å². The van der Waals surface area contributed by atoms with Crippen LogP contribution >= 0.6 is 0 Å². The number of carbonyl (C=O) groups excluding carboxylic acids is 1. The number of hydrogen-bond acceptors (Lipinski definition) is 3. The lowest BCUT2D eigenvalue weighted by molar-refractivity contribution is 0.0431. The van der Waals surface area contributed by atoms with Crippen molar-refractivity contribution >= 4 is 14.4 Å². The first-order chi connectivity index (χ1) is 10.0. The second kappa shape index (κ2) is 8.02. The number of rotatable bonds is 6. The molecule has 0 aromatic heterocycles. The topological polar surface area (TPSA) is 47.6 Å². The monoisotopic (exact) mass is 345 g/mol. The first-order valence-electron chi connectivity index (χ1n) is 8.72. The molecule has 2 atom stereocenters. The van der Waals surface area contributed by atoms with Crippen LogP contribution in [-0.2, 0) is 9.16 Å². The van der Waals surface area contributed by atoms with Crippen molar-refractivity contribution in [3.63, 3.8) is 0 Å². The van der Waals surface area contributed by atoms with Crippen molar-refractivity contribution in [2.24, 2.45) is 5.92 Å². The molecule has 0 aromatic rings. The summed E-state index contributed by atoms with van der Waals surface area (Å²) in [6.07, 6.45) is 0.467. The second-order valence-electron chi connectivity index (χ2n) is 9.47. The van der Waals surface area contributed by atoms with Crippen LogP contribution in [0.4, 0.5) is 4.79 Å². The molecule has 0 aliphatic heterocycles. The number of alkyl carbamates (subject to hydrolysis) is 1. The summed E-state index contributed by atoms with van der Waals surface area (Å²) in [7, 11) is -1.87. The van der Waals surface area contributed by atoms with Crippen molar-refractivity contribution < 1.29 is 14.0 Å². The van der Waals surface area contributed by atoms with Gasteiger partial charge in [0.15, 0.2) is 8.32 Å². The third-order valence-electron chi connectivity index (χ3n) is 4.28. The molecule has 4 nitrogen and oxygen atoms in total. The summed E-state index contributed by atoms with van der Waals surface area (Å²) in [6.45, 7) is 23.2. The minimum Gasteiger partial charge on any atom is -0.444 e. The van der Waals surface area contributed by atoms with Gasteiger partial charge >= 0.3 is 6.09 Å². The van der Waals surface area contributed by atoms with E-state index in [1.807, 2.05) is 20.8 Å². The van der Waals surface area contributed by atoms with Crippen LogP contribution < -0.4 is 5.32 Å². The number of ether oxygens (including phenoxy) is 1. The average molecular weight is 346 g/mol. The molecular formula is C18H39NO3Si. The highest BCUT2D eigenvalue weighted by atomic mass is 28.4. The van der Waals surface area contributed by atoms with Gasteiger partial charge in [-0.15, -0.1) is 0 Å². The molecule has 5 heteroatoms. The van der Waals surface area contributed by atoms with Crippen molar-refractivity contribution in [2.75, 3.05) is 0 Å². The summed E-state index contributed by atoms with van der Waals surface area (Å²) in [4.78, 5) is 12.1. The Morgan fingerprint density at radius 1 is 1.04 bits per heavy atom. The lowest BCUT2D eigenvalue weighted by Crippen LogP contribution is -2.51. The molecule has 0 aromatic carbocycles. The number of carbonyl (C=O) groups is 1. The maximum Gasteiger partial charge on any atom is 0.407 e. The summed E-state index contributed by atoms with van der Waals surface area (Å²) < 4.78 is 11.9. The number of amides is 1. The summed E-state index contributed by atoms with van der Waals surface area (Å²) >= 11 is 0. The number of nitrogens with one attached hydrogen (secondary N) is 1. The zero-order valence-electron chi connectivity index (χ0n) is 17.2. The molecule has 0 saturated heterocycles. The van der Waals surface area contributed by atoms with Crippen LogP contribution in [0.25, 0.3) is 0 Å². The van der Waals surface area contributed by atoms with Crippen LogP contribution in [0.5, 0.6) is 0 Å². The summed E-state index contributed by atoms with van der Waals surface area (Å²) in [5.41, 5.74) is -0.490. The van der Waals surface area contributed by atoms with Crippen molar-refractivity contribution in [2.45, 2.75) is 105 Å². The van der Waals surface area contributed by atoms with E-state index in [0.717, 1.165) is 6.42 Å². The largest absolute Gasteiger partial charge is 0.444 e. The van der Waals surface area contributed by atoms with Crippen LogP contribution in [0.2, 0.25) is 18.1 Å². The van der Waals surface area contributed by atoms with Crippen molar-refractivity contribution in [1.82, 2.24) is 5.32 Å². The lowest BCUT2D eigenvalue weighted by Gasteiger charge is -2.40. The molecule has 0 saturated carbocycles. The molecule has 138 valence electrons. The van der Waals surface area contributed by atoms with E-state index >= 15 is 0 Å². The fourth-order valence-electron chi connectivity index (χ4n) is 2.06. The molecule has 0 aliphatic carbocycles. The van der Waals surface area contributed by atoms with Crippen LogP contribution in [-0.4, -0.2) is 32.2 Å². The van der Waals surface area contributed by atoms with E-state index in [4.69, 9.17) is 9.16 Å². The van der Waals surface area contributed by atoms with Crippen LogP contribution in [0, 0.1) is 5.92 Å². The van der Waals surface area contributed by atoms with E-state index < -0.39 is 13.9 Å². The van der Waals surface area contributed by atoms with E-state index in [1.165, 1.54) is 0 Å². The SMILES string of the molecule is CC(C)C[C@H](NC(=O)OC(C)(C)C)[C@H](C)O[Si](C)(C)C(C)(C)C. The van der Waals surface area contributed by atoms with Gasteiger partial charge in [-0.25, -0.2) is 4.79 Å². The van der Waals surface area contributed by atoms with Crippen LogP contribution in [0.15, 0.2) is 0 Å². The van der Waals surface area contributed by atoms with Gasteiger partial charge in [0.2, 0.25) is 0 Å². The maximum absolute atomic E-state index is 12.1. The van der Waals surface area contributed by atoms with E-state index in [9.17, 15) is 4.79 Å². The Kier molecular flexibility index (Phi) is 7.82. The zero-order valence-corrected chi connectivity index (χ0v) is 18.2. The molecule has 1 amide bonds. The minimum absolute atomic E-state index is 0.0363. The molecule has 0 fully saturated rings. The van der Waals surface area contributed by atoms with E-state index in [2.05, 4.69) is 60.0 Å². The normalized spacial score (nSPS) is 16.2. The van der Waals surface area contributed by atoms with Gasteiger partial charge in [0.05, 0.1) is 12.1 Å². The Bertz CT molecular complexity index is 381. The van der Waals surface area contributed by atoms with E-state index in [-0.39, 0.29) is 23.3 Å². The van der Waals surface area contributed by atoms with Gasteiger partial charge < -0.3 is 14.5 Å². The predicted octanol–water partition coefficient (Wildman–Crippen LogP) is 5.34. The van der Waals surface area contributed by atoms with E-state index in [0.29, 0.717) is 5.92 Å². The van der Waals surface area contributed by atoms with Gasteiger partial charge in [-0.05, 0) is 58.2 Å². The lowest BCUT2D eigenvalue weighted by atomic mass is 10.0. The fourth-order valence-corrected chi connectivity index (χ4v) is 3.51. The molecule has 0 radical (unpaired) electrons. The van der Waals surface area contributed by atoms with Crippen molar-refractivity contribution in [3.8, 4) is 0 Å². The molecule has 1 N–H and O–H groups in total. The summed E-state index contributed by atoms with van der Waals surface area (Å²) in [5, 5.41) is 3.16. The molecule has 0 spiro atoms. The zero-order chi connectivity index (χ0) is 18.6. The highest BCUT2D eigenvalue weighted by Crippen LogP contribution is 2.37. The molecule has 0 rings (SSSR count). The van der Waals surface area contributed by atoms with E-state index in [1.54, 1.807) is 0 Å². The Morgan fingerprint density at radius 2 is 1.52 bits per heavy atom. The quantitative estimate of drug-likeness (QED) is 0.661. The predicted molar refractivity (Wildman–Crippen MR) is 100 cm³/mol. The highest BCUT2D eigenvalue weighted by molar-refractivity contribution is 6.74. The Balaban J connectivity index is 5.00. The van der Waals surface area contributed by atoms with Gasteiger partial charge in [-0.3, -0.25) is 0 Å². The molecular weight excluding hydrogens is 306 g/mol. The molecule has 23 heavy (non-hydrogen) atoms. The smallest absolute Gasteiger partial charge is 0.407 e. The molecule has 0 heterocycles. The van der Waals surface area contributed by atoms with Gasteiger partial charge in [0.25, 0.3) is 0 Å². The average Bonchev–Trinajstić information content (AvgIpc) is 2.22. The van der Waals surface area contributed by atoms with Crippen molar-refractivity contribution in [3.05, 3.63) is 0 Å². The third kappa shape index (κ3) is 8.75.